The van der Waals surface area contributed by atoms with E-state index in [1.54, 1.807) is 25.0 Å². The minimum atomic E-state index is -0.260. The van der Waals surface area contributed by atoms with Gasteiger partial charge in [0.05, 0.1) is 30.2 Å². The van der Waals surface area contributed by atoms with E-state index in [2.05, 4.69) is 29.1 Å². The van der Waals surface area contributed by atoms with Crippen LogP contribution in [0.15, 0.2) is 6.20 Å². The fourth-order valence-corrected chi connectivity index (χ4v) is 2.71. The molecular weight excluding hydrogens is 298 g/mol. The number of aryl methyl sites for hydroxylation is 1. The number of amides is 1. The lowest BCUT2D eigenvalue weighted by molar-refractivity contribution is -0.161. The first-order chi connectivity index (χ1) is 10.8. The summed E-state index contributed by atoms with van der Waals surface area (Å²) in [5.41, 5.74) is 0.800. The van der Waals surface area contributed by atoms with Gasteiger partial charge >= 0.3 is 0 Å². The predicted octanol–water partition coefficient (Wildman–Crippen LogP) is -0.101. The zero-order valence-corrected chi connectivity index (χ0v) is 14.7. The van der Waals surface area contributed by atoms with Crippen LogP contribution < -0.4 is 0 Å². The van der Waals surface area contributed by atoms with Crippen molar-refractivity contribution in [2.75, 3.05) is 40.4 Å². The second-order valence-electron chi connectivity index (χ2n) is 6.82. The monoisotopic (exact) mass is 325 g/mol. The molecule has 8 nitrogen and oxygen atoms in total. The molecule has 0 bridgehead atoms. The fraction of sp³-hybridized carbons (Fsp3) is 0.800. The Morgan fingerprint density at radius 3 is 2.87 bits per heavy atom. The van der Waals surface area contributed by atoms with Crippen LogP contribution in [-0.4, -0.2) is 82.8 Å². The summed E-state index contributed by atoms with van der Waals surface area (Å²) < 4.78 is 13.4. The molecule has 1 saturated heterocycles. The molecule has 0 saturated carbocycles. The topological polar surface area (TPSA) is 72.7 Å². The molecule has 1 aromatic heterocycles. The summed E-state index contributed by atoms with van der Waals surface area (Å²) in [5, 5.41) is 7.88. The molecule has 0 aliphatic carbocycles. The first-order valence-electron chi connectivity index (χ1n) is 7.78. The number of likely N-dealkylation sites (N-methyl/N-ethyl adjacent to an activating group) is 1. The largest absolute Gasteiger partial charge is 0.369 e. The molecule has 23 heavy (non-hydrogen) atoms. The summed E-state index contributed by atoms with van der Waals surface area (Å²) in [6.07, 6.45) is 1.72. The smallest absolute Gasteiger partial charge is 0.248 e. The van der Waals surface area contributed by atoms with E-state index in [1.165, 1.54) is 4.90 Å². The molecule has 1 aromatic rings. The van der Waals surface area contributed by atoms with Crippen LogP contribution in [0.25, 0.3) is 0 Å². The first-order valence-corrected chi connectivity index (χ1v) is 7.78. The van der Waals surface area contributed by atoms with E-state index < -0.39 is 0 Å². The minimum absolute atomic E-state index is 0.0436. The molecule has 1 amide bonds. The van der Waals surface area contributed by atoms with E-state index in [4.69, 9.17) is 9.47 Å². The van der Waals surface area contributed by atoms with Crippen molar-refractivity contribution in [1.29, 1.82) is 0 Å². The van der Waals surface area contributed by atoms with Gasteiger partial charge in [-0.05, 0) is 13.8 Å². The summed E-state index contributed by atoms with van der Waals surface area (Å²) >= 11 is 0. The molecular formula is C15H27N5O3. The summed E-state index contributed by atoms with van der Waals surface area (Å²) in [7, 11) is 5.33. The summed E-state index contributed by atoms with van der Waals surface area (Å²) in [6, 6.07) is 0. The van der Waals surface area contributed by atoms with Crippen LogP contribution in [0.3, 0.4) is 0 Å². The highest BCUT2D eigenvalue weighted by molar-refractivity contribution is 5.76. The van der Waals surface area contributed by atoms with E-state index in [9.17, 15) is 4.79 Å². The van der Waals surface area contributed by atoms with Crippen LogP contribution in [0, 0.1) is 0 Å². The first kappa shape index (κ1) is 17.8. The van der Waals surface area contributed by atoms with Crippen molar-refractivity contribution in [2.24, 2.45) is 7.05 Å². The number of rotatable bonds is 6. The third-order valence-electron chi connectivity index (χ3n) is 3.77. The average Bonchev–Trinajstić information content (AvgIpc) is 2.82. The van der Waals surface area contributed by atoms with E-state index >= 15 is 0 Å². The van der Waals surface area contributed by atoms with E-state index in [-0.39, 0.29) is 24.2 Å². The molecule has 1 aliphatic rings. The lowest BCUT2D eigenvalue weighted by atomic mass is 10.1. The highest BCUT2D eigenvalue weighted by Crippen LogP contribution is 2.22. The molecule has 0 N–H and O–H groups in total. The highest BCUT2D eigenvalue weighted by atomic mass is 16.5. The van der Waals surface area contributed by atoms with Crippen LogP contribution in [0.4, 0.5) is 0 Å². The van der Waals surface area contributed by atoms with Gasteiger partial charge in [0.1, 0.15) is 6.61 Å². The number of morpholine rings is 1. The van der Waals surface area contributed by atoms with Gasteiger partial charge in [-0.2, -0.15) is 0 Å². The summed E-state index contributed by atoms with van der Waals surface area (Å²) in [6.45, 7) is 6.97. The normalized spacial score (nSPS) is 21.3. The molecule has 1 unspecified atom stereocenters. The lowest BCUT2D eigenvalue weighted by Gasteiger charge is -2.42. The Morgan fingerprint density at radius 2 is 2.26 bits per heavy atom. The number of carbonyl (C=O) groups is 1. The molecule has 1 fully saturated rings. The van der Waals surface area contributed by atoms with Gasteiger partial charge < -0.3 is 14.4 Å². The van der Waals surface area contributed by atoms with Crippen molar-refractivity contribution >= 4 is 5.91 Å². The Kier molecular flexibility index (Phi) is 5.72. The molecule has 2 heterocycles. The third-order valence-corrected chi connectivity index (χ3v) is 3.77. The Labute approximate surface area is 137 Å². The van der Waals surface area contributed by atoms with Gasteiger partial charge in [0, 0.05) is 40.8 Å². The maximum absolute atomic E-state index is 11.6. The Hall–Kier alpha value is -1.51. The number of hydrogen-bond acceptors (Lipinski definition) is 6. The van der Waals surface area contributed by atoms with E-state index in [0.29, 0.717) is 6.61 Å². The van der Waals surface area contributed by atoms with Crippen LogP contribution in [0.1, 0.15) is 19.5 Å². The van der Waals surface area contributed by atoms with Crippen LogP contribution in [0.5, 0.6) is 0 Å². The summed E-state index contributed by atoms with van der Waals surface area (Å²) in [5.74, 6) is -0.0436. The molecule has 2 rings (SSSR count). The van der Waals surface area contributed by atoms with Crippen molar-refractivity contribution in [1.82, 2.24) is 24.8 Å². The fourth-order valence-electron chi connectivity index (χ4n) is 2.71. The third kappa shape index (κ3) is 5.26. The molecule has 0 radical (unpaired) electrons. The van der Waals surface area contributed by atoms with Gasteiger partial charge in [-0.15, -0.1) is 5.10 Å². The molecule has 8 heteroatoms. The van der Waals surface area contributed by atoms with Crippen LogP contribution in [-0.2, 0) is 27.9 Å². The highest BCUT2D eigenvalue weighted by Gasteiger charge is 2.33. The molecule has 0 aromatic carbocycles. The standard InChI is InChI=1S/C15H27N5O3/c1-15(2)11-20(7-12-6-16-17-19(12)5)8-13(23-15)9-22-10-14(21)18(3)4/h6,13H,7-11H2,1-5H3. The van der Waals surface area contributed by atoms with Gasteiger partial charge in [0.25, 0.3) is 0 Å². The number of hydrogen-bond donors (Lipinski definition) is 0. The molecule has 0 spiro atoms. The lowest BCUT2D eigenvalue weighted by Crippen LogP contribution is -2.53. The van der Waals surface area contributed by atoms with Gasteiger partial charge in [-0.25, -0.2) is 0 Å². The number of ether oxygens (including phenoxy) is 2. The maximum Gasteiger partial charge on any atom is 0.248 e. The van der Waals surface area contributed by atoms with Crippen LogP contribution in [0.2, 0.25) is 0 Å². The Bertz CT molecular complexity index is 529. The molecule has 1 atom stereocenters. The minimum Gasteiger partial charge on any atom is -0.369 e. The van der Waals surface area contributed by atoms with Gasteiger partial charge in [-0.3, -0.25) is 14.4 Å². The number of carbonyl (C=O) groups excluding carboxylic acids is 1. The van der Waals surface area contributed by atoms with Crippen molar-refractivity contribution < 1.29 is 14.3 Å². The quantitative estimate of drug-likeness (QED) is 0.727. The van der Waals surface area contributed by atoms with Crippen LogP contribution >= 0.6 is 0 Å². The van der Waals surface area contributed by atoms with E-state index in [1.807, 2.05) is 7.05 Å². The second kappa shape index (κ2) is 7.37. The molecule has 1 aliphatic heterocycles. The second-order valence-corrected chi connectivity index (χ2v) is 6.82. The Balaban J connectivity index is 1.88. The van der Waals surface area contributed by atoms with Crippen molar-refractivity contribution in [2.45, 2.75) is 32.1 Å². The average molecular weight is 325 g/mol. The molecule has 130 valence electrons. The Morgan fingerprint density at radius 1 is 1.52 bits per heavy atom. The maximum atomic E-state index is 11.6. The zero-order valence-electron chi connectivity index (χ0n) is 14.7. The van der Waals surface area contributed by atoms with Gasteiger partial charge in [-0.1, -0.05) is 5.21 Å². The van der Waals surface area contributed by atoms with Crippen molar-refractivity contribution in [3.63, 3.8) is 0 Å². The van der Waals surface area contributed by atoms with Gasteiger partial charge in [0.2, 0.25) is 5.91 Å². The number of nitrogens with zero attached hydrogens (tertiary/aromatic N) is 5. The number of aromatic nitrogens is 3. The predicted molar refractivity (Wildman–Crippen MR) is 84.7 cm³/mol. The van der Waals surface area contributed by atoms with Crippen molar-refractivity contribution in [3.8, 4) is 0 Å². The summed E-state index contributed by atoms with van der Waals surface area (Å²) in [4.78, 5) is 15.4. The zero-order chi connectivity index (χ0) is 17.0. The van der Waals surface area contributed by atoms with Gasteiger partial charge in [0.15, 0.2) is 0 Å². The van der Waals surface area contributed by atoms with Crippen molar-refractivity contribution in [3.05, 3.63) is 11.9 Å². The SMILES string of the molecule is CN(C)C(=O)COCC1CN(Cc2cnnn2C)CC(C)(C)O1. The van der Waals surface area contributed by atoms with E-state index in [0.717, 1.165) is 25.3 Å².